The summed E-state index contributed by atoms with van der Waals surface area (Å²) in [5.41, 5.74) is -2.97. The Morgan fingerprint density at radius 2 is 1.28 bits per heavy atom. The van der Waals surface area contributed by atoms with Crippen LogP contribution in [0.5, 0.6) is 11.5 Å². The van der Waals surface area contributed by atoms with Crippen LogP contribution in [-0.2, 0) is 12.5 Å². The Morgan fingerprint density at radius 3 is 1.83 bits per heavy atom. The summed E-state index contributed by atoms with van der Waals surface area (Å²) in [4.78, 5) is 0. The number of alkyl halides is 5. The zero-order valence-corrected chi connectivity index (χ0v) is 24.1. The summed E-state index contributed by atoms with van der Waals surface area (Å²) in [7, 11) is 0. The van der Waals surface area contributed by atoms with Crippen LogP contribution in [0.2, 0.25) is 5.02 Å². The third-order valence-electron chi connectivity index (χ3n) is 6.45. The molecule has 0 saturated heterocycles. The zero-order valence-electron chi connectivity index (χ0n) is 23.3. The Morgan fingerprint density at radius 1 is 0.674 bits per heavy atom. The third kappa shape index (κ3) is 7.93. The second kappa shape index (κ2) is 13.6. The molecule has 0 atom stereocenters. The minimum absolute atomic E-state index is 0.0775. The number of halogens is 12. The molecule has 0 aliphatic carbocycles. The maximum Gasteiger partial charge on any atom is 0.573 e. The largest absolute Gasteiger partial charge is 0.573 e. The molecule has 0 radical (unpaired) electrons. The predicted octanol–water partition coefficient (Wildman–Crippen LogP) is 11.4. The first kappa shape index (κ1) is 34.6. The Hall–Kier alpha value is -4.26. The van der Waals surface area contributed by atoms with Gasteiger partial charge in [-0.2, -0.15) is 8.78 Å². The lowest BCUT2D eigenvalue weighted by Gasteiger charge is -2.21. The van der Waals surface area contributed by atoms with E-state index in [4.69, 9.17) is 11.6 Å². The summed E-state index contributed by atoms with van der Waals surface area (Å²) in [5.74, 6) is -12.7. The first-order chi connectivity index (χ1) is 21.5. The van der Waals surface area contributed by atoms with E-state index in [9.17, 15) is 39.5 Å². The van der Waals surface area contributed by atoms with E-state index in [0.29, 0.717) is 24.5 Å². The smallest absolute Gasteiger partial charge is 0.429 e. The number of hydrogen-bond acceptors (Lipinski definition) is 2. The van der Waals surface area contributed by atoms with Gasteiger partial charge in [-0.15, -0.1) is 13.2 Å². The molecule has 0 aliphatic heterocycles. The molecule has 4 aromatic carbocycles. The van der Waals surface area contributed by atoms with Crippen molar-refractivity contribution in [2.24, 2.45) is 0 Å². The van der Waals surface area contributed by atoms with Gasteiger partial charge in [0.25, 0.3) is 0 Å². The molecular weight excluding hydrogens is 661 g/mol. The van der Waals surface area contributed by atoms with E-state index in [2.05, 4.69) is 9.47 Å². The van der Waals surface area contributed by atoms with Crippen molar-refractivity contribution < 1.29 is 57.8 Å². The first-order valence-electron chi connectivity index (χ1n) is 13.2. The summed E-state index contributed by atoms with van der Waals surface area (Å²) in [5, 5.41) is -1.14. The van der Waals surface area contributed by atoms with Gasteiger partial charge in [0.15, 0.2) is 11.6 Å². The average Bonchev–Trinajstić information content (AvgIpc) is 2.91. The van der Waals surface area contributed by atoms with Crippen LogP contribution in [0.1, 0.15) is 30.9 Å². The number of aryl methyl sites for hydroxylation is 1. The van der Waals surface area contributed by atoms with Crippen LogP contribution in [0.15, 0.2) is 66.7 Å². The Balaban J connectivity index is 1.62. The lowest BCUT2D eigenvalue weighted by Crippen LogP contribution is -2.24. The second-order valence-electron chi connectivity index (χ2n) is 9.74. The average molecular weight is 681 g/mol. The van der Waals surface area contributed by atoms with Gasteiger partial charge in [-0.05, 0) is 66.3 Å². The van der Waals surface area contributed by atoms with E-state index in [-0.39, 0.29) is 29.3 Å². The molecule has 0 aromatic heterocycles. The standard InChI is InChI=1S/C32H20ClF11O2/c1-2-3-4-5-6-16-7-8-20(22(34)9-16)17-11-23(35)28(24(36)12-17)18-10-21(33)29(25(37)13-18)31(40,41)45-19-14-26(38)30(27(39)15-19)46-32(42,43)44/h3-4,7-15H,2,5-6H2,1H3. The van der Waals surface area contributed by atoms with E-state index in [1.807, 2.05) is 19.1 Å². The molecule has 14 heteroatoms. The molecule has 46 heavy (non-hydrogen) atoms. The first-order valence-corrected chi connectivity index (χ1v) is 13.6. The minimum Gasteiger partial charge on any atom is -0.429 e. The monoisotopic (exact) mass is 680 g/mol. The van der Waals surface area contributed by atoms with Gasteiger partial charge in [0.2, 0.25) is 5.75 Å². The van der Waals surface area contributed by atoms with Gasteiger partial charge in [-0.3, -0.25) is 0 Å². The summed E-state index contributed by atoms with van der Waals surface area (Å²) < 4.78 is 162. The maximum atomic E-state index is 15.2. The van der Waals surface area contributed by atoms with Gasteiger partial charge in [0, 0.05) is 17.7 Å². The predicted molar refractivity (Wildman–Crippen MR) is 147 cm³/mol. The van der Waals surface area contributed by atoms with Gasteiger partial charge >= 0.3 is 12.5 Å². The molecule has 0 fully saturated rings. The topological polar surface area (TPSA) is 18.5 Å². The Bertz CT molecular complexity index is 1720. The lowest BCUT2D eigenvalue weighted by atomic mass is 9.96. The SMILES string of the molecule is CCC=CCCc1ccc(-c2cc(F)c(-c3cc(F)c(C(F)(F)Oc4cc(F)c(OC(F)(F)F)c(F)c4)c(Cl)c3)c(F)c2)c(F)c1. The molecule has 0 bridgehead atoms. The van der Waals surface area contributed by atoms with Crippen LogP contribution in [-0.4, -0.2) is 6.36 Å². The fourth-order valence-electron chi connectivity index (χ4n) is 4.49. The van der Waals surface area contributed by atoms with Crippen LogP contribution in [0.25, 0.3) is 22.3 Å². The highest BCUT2D eigenvalue weighted by atomic mass is 35.5. The fourth-order valence-corrected chi connectivity index (χ4v) is 4.81. The maximum absolute atomic E-state index is 15.2. The summed E-state index contributed by atoms with van der Waals surface area (Å²) >= 11 is 5.82. The molecule has 0 aliphatic rings. The third-order valence-corrected chi connectivity index (χ3v) is 6.74. The van der Waals surface area contributed by atoms with Crippen molar-refractivity contribution in [2.45, 2.75) is 38.7 Å². The minimum atomic E-state index is -5.51. The van der Waals surface area contributed by atoms with Gasteiger partial charge in [0.1, 0.15) is 34.6 Å². The number of benzene rings is 4. The molecule has 0 spiro atoms. The van der Waals surface area contributed by atoms with Crippen molar-refractivity contribution in [2.75, 3.05) is 0 Å². The molecule has 0 unspecified atom stereocenters. The van der Waals surface area contributed by atoms with Gasteiger partial charge in [-0.1, -0.05) is 42.8 Å². The number of rotatable bonds is 10. The van der Waals surface area contributed by atoms with Gasteiger partial charge in [-0.25, -0.2) is 26.3 Å². The van der Waals surface area contributed by atoms with Crippen LogP contribution in [0.3, 0.4) is 0 Å². The normalized spacial score (nSPS) is 12.2. The van der Waals surface area contributed by atoms with Crippen molar-refractivity contribution in [3.05, 3.63) is 118 Å². The van der Waals surface area contributed by atoms with Crippen molar-refractivity contribution in [1.82, 2.24) is 0 Å². The molecule has 4 aromatic rings. The van der Waals surface area contributed by atoms with Crippen molar-refractivity contribution in [3.63, 3.8) is 0 Å². The highest BCUT2D eigenvalue weighted by molar-refractivity contribution is 6.31. The van der Waals surface area contributed by atoms with Crippen molar-refractivity contribution in [3.8, 4) is 33.8 Å². The van der Waals surface area contributed by atoms with E-state index < -0.39 is 80.6 Å². The highest BCUT2D eigenvalue weighted by Crippen LogP contribution is 2.42. The van der Waals surface area contributed by atoms with Gasteiger partial charge in [0.05, 0.1) is 10.6 Å². The molecule has 0 N–H and O–H groups in total. The zero-order chi connectivity index (χ0) is 34.0. The van der Waals surface area contributed by atoms with Crippen molar-refractivity contribution in [1.29, 1.82) is 0 Å². The summed E-state index contributed by atoms with van der Waals surface area (Å²) in [6.45, 7) is 1.96. The molecule has 0 heterocycles. The summed E-state index contributed by atoms with van der Waals surface area (Å²) in [6.07, 6.45) is -4.39. The fraction of sp³-hybridized carbons (Fsp3) is 0.188. The van der Waals surface area contributed by atoms with E-state index >= 15 is 8.78 Å². The van der Waals surface area contributed by atoms with E-state index in [1.165, 1.54) is 12.1 Å². The molecule has 2 nitrogen and oxygen atoms in total. The molecule has 0 saturated carbocycles. The number of allylic oxidation sites excluding steroid dienone is 2. The van der Waals surface area contributed by atoms with Gasteiger partial charge < -0.3 is 9.47 Å². The van der Waals surface area contributed by atoms with E-state index in [0.717, 1.165) is 18.6 Å². The van der Waals surface area contributed by atoms with Crippen LogP contribution in [0, 0.1) is 34.9 Å². The lowest BCUT2D eigenvalue weighted by molar-refractivity contribution is -0.276. The molecule has 4 rings (SSSR count). The Kier molecular flexibility index (Phi) is 10.2. The van der Waals surface area contributed by atoms with E-state index in [1.54, 1.807) is 6.07 Å². The quantitative estimate of drug-likeness (QED) is 0.123. The molecular formula is C32H20ClF11O2. The summed E-state index contributed by atoms with van der Waals surface area (Å²) in [6, 6.07) is 6.35. The number of ether oxygens (including phenoxy) is 2. The molecule has 0 amide bonds. The van der Waals surface area contributed by atoms with Crippen LogP contribution in [0.4, 0.5) is 48.3 Å². The van der Waals surface area contributed by atoms with Crippen molar-refractivity contribution >= 4 is 11.6 Å². The second-order valence-corrected chi connectivity index (χ2v) is 10.2. The number of hydrogen-bond donors (Lipinski definition) is 0. The van der Waals surface area contributed by atoms with Crippen LogP contribution < -0.4 is 9.47 Å². The van der Waals surface area contributed by atoms with Crippen LogP contribution >= 0.6 is 11.6 Å². The molecule has 244 valence electrons. The Labute approximate surface area is 259 Å². The highest BCUT2D eigenvalue weighted by Gasteiger charge is 2.41.